The molecule has 1 aromatic heterocycles. The second-order valence-electron chi connectivity index (χ2n) is 9.85. The molecular weight excluding hydrogens is 580 g/mol. The molecule has 0 spiro atoms. The fourth-order valence-electron chi connectivity index (χ4n) is 4.96. The first kappa shape index (κ1) is 29.5. The van der Waals surface area contributed by atoms with Gasteiger partial charge in [0.05, 0.1) is 23.7 Å². The maximum absolute atomic E-state index is 13.6. The first-order valence-electron chi connectivity index (χ1n) is 13.5. The summed E-state index contributed by atoms with van der Waals surface area (Å²) in [5, 5.41) is 9.58. The predicted molar refractivity (Wildman–Crippen MR) is 159 cm³/mol. The van der Waals surface area contributed by atoms with Crippen molar-refractivity contribution < 1.29 is 27.5 Å². The molecule has 0 unspecified atom stereocenters. The summed E-state index contributed by atoms with van der Waals surface area (Å²) >= 11 is 1.38. The monoisotopic (exact) mass is 610 g/mol. The lowest BCUT2D eigenvalue weighted by atomic mass is 9.95. The first-order valence-corrected chi connectivity index (χ1v) is 15.7. The van der Waals surface area contributed by atoms with Crippen molar-refractivity contribution in [3.63, 3.8) is 0 Å². The van der Waals surface area contributed by atoms with Gasteiger partial charge in [0.25, 0.3) is 11.8 Å². The summed E-state index contributed by atoms with van der Waals surface area (Å²) in [6.45, 7) is 2.75. The number of sulfonamides is 1. The molecule has 5 rings (SSSR count). The van der Waals surface area contributed by atoms with Crippen LogP contribution in [-0.4, -0.2) is 57.6 Å². The largest absolute Gasteiger partial charge is 0.488 e. The van der Waals surface area contributed by atoms with Crippen LogP contribution in [-0.2, 0) is 27.6 Å². The maximum Gasteiger partial charge on any atom is 0.258 e. The van der Waals surface area contributed by atoms with E-state index in [0.717, 1.165) is 36.1 Å². The zero-order valence-corrected chi connectivity index (χ0v) is 24.6. The summed E-state index contributed by atoms with van der Waals surface area (Å²) in [4.78, 5) is 30.9. The number of carbonyl (C=O) groups excluding carboxylic acids is 2. The van der Waals surface area contributed by atoms with E-state index < -0.39 is 15.9 Å². The molecule has 12 nitrogen and oxygen atoms in total. The molecule has 1 aliphatic heterocycles. The van der Waals surface area contributed by atoms with E-state index in [4.69, 9.17) is 15.0 Å². The van der Waals surface area contributed by atoms with Gasteiger partial charge in [-0.3, -0.25) is 9.59 Å². The van der Waals surface area contributed by atoms with Gasteiger partial charge >= 0.3 is 0 Å². The lowest BCUT2D eigenvalue weighted by Crippen LogP contribution is -2.40. The summed E-state index contributed by atoms with van der Waals surface area (Å²) in [5.41, 5.74) is 11.1. The van der Waals surface area contributed by atoms with Gasteiger partial charge in [0, 0.05) is 34.1 Å². The molecule has 14 heteroatoms. The Kier molecular flexibility index (Phi) is 9.09. The highest BCUT2D eigenvalue weighted by Gasteiger charge is 2.29. The molecule has 2 heterocycles. The topological polar surface area (TPSA) is 163 Å². The van der Waals surface area contributed by atoms with E-state index in [1.54, 1.807) is 37.3 Å². The molecule has 0 radical (unpaired) electrons. The van der Waals surface area contributed by atoms with Crippen LogP contribution in [0.25, 0.3) is 10.4 Å². The second kappa shape index (κ2) is 12.9. The molecule has 2 N–H and O–H groups in total. The van der Waals surface area contributed by atoms with E-state index >= 15 is 0 Å². The van der Waals surface area contributed by atoms with Crippen LogP contribution in [0.15, 0.2) is 52.5 Å². The minimum Gasteiger partial charge on any atom is -0.488 e. The fraction of sp³-hybridized carbons (Fsp3) is 0.357. The first-order chi connectivity index (χ1) is 20.3. The number of anilines is 2. The lowest BCUT2D eigenvalue weighted by molar-refractivity contribution is 0.0730. The Balaban J connectivity index is 1.39. The van der Waals surface area contributed by atoms with Crippen LogP contribution in [0.4, 0.5) is 10.7 Å². The standard InChI is InChI=1S/C28H30N6O6S2/c1-18-6-11-21(42(37,38)34-12-14-39-15-13-34)16-23(18)26(35)32-28-25(22-4-2-3-5-24(22)41-28)27(36)31-19-7-9-20(10-8-19)40-17-30-33-29/h6-11,16H,2-5,12-15,17H2,1H3,(H,31,36)(H,32,35). The molecular formula is C28H30N6O6S2. The second-order valence-corrected chi connectivity index (χ2v) is 12.9. The van der Waals surface area contributed by atoms with E-state index in [1.165, 1.54) is 27.8 Å². The molecule has 2 amide bonds. The zero-order valence-electron chi connectivity index (χ0n) is 23.0. The minimum absolute atomic E-state index is 0.0374. The number of amides is 2. The van der Waals surface area contributed by atoms with Crippen molar-refractivity contribution in [3.8, 4) is 5.75 Å². The molecule has 3 aromatic rings. The molecule has 0 bridgehead atoms. The highest BCUT2D eigenvalue weighted by Crippen LogP contribution is 2.39. The third kappa shape index (κ3) is 6.42. The Labute approximate surface area is 247 Å². The summed E-state index contributed by atoms with van der Waals surface area (Å²) in [7, 11) is -3.79. The van der Waals surface area contributed by atoms with Crippen molar-refractivity contribution in [1.82, 2.24) is 4.31 Å². The average Bonchev–Trinajstić information content (AvgIpc) is 3.36. The van der Waals surface area contributed by atoms with Gasteiger partial charge in [-0.1, -0.05) is 11.2 Å². The molecule has 1 saturated heterocycles. The number of aryl methyl sites for hydroxylation is 2. The Morgan fingerprint density at radius 3 is 2.55 bits per heavy atom. The van der Waals surface area contributed by atoms with Gasteiger partial charge in [0.1, 0.15) is 10.8 Å². The number of rotatable bonds is 9. The number of hydrogen-bond acceptors (Lipinski definition) is 8. The van der Waals surface area contributed by atoms with E-state index in [9.17, 15) is 18.0 Å². The van der Waals surface area contributed by atoms with Crippen molar-refractivity contribution >= 4 is 43.9 Å². The average molecular weight is 611 g/mol. The van der Waals surface area contributed by atoms with Crippen molar-refractivity contribution in [1.29, 1.82) is 0 Å². The summed E-state index contributed by atoms with van der Waals surface area (Å²) in [6.07, 6.45) is 3.48. The van der Waals surface area contributed by atoms with Crippen molar-refractivity contribution in [2.75, 3.05) is 43.7 Å². The molecule has 2 aromatic carbocycles. The van der Waals surface area contributed by atoms with Gasteiger partial charge in [-0.15, -0.1) is 11.3 Å². The van der Waals surface area contributed by atoms with Crippen LogP contribution in [0.5, 0.6) is 5.75 Å². The number of thiophene rings is 1. The number of hydrogen-bond donors (Lipinski definition) is 2. The van der Waals surface area contributed by atoms with Crippen molar-refractivity contribution in [2.24, 2.45) is 5.11 Å². The summed E-state index contributed by atoms with van der Waals surface area (Å²) in [6, 6.07) is 11.2. The lowest BCUT2D eigenvalue weighted by Gasteiger charge is -2.26. The minimum atomic E-state index is -3.79. The Morgan fingerprint density at radius 1 is 1.07 bits per heavy atom. The Morgan fingerprint density at radius 2 is 1.81 bits per heavy atom. The number of morpholine rings is 1. The highest BCUT2D eigenvalue weighted by atomic mass is 32.2. The Hall–Kier alpha value is -3.94. The number of nitrogens with zero attached hydrogens (tertiary/aromatic N) is 4. The SMILES string of the molecule is Cc1ccc(S(=O)(=O)N2CCOCC2)cc1C(=O)Nc1sc2c(c1C(=O)Nc1ccc(OCN=[N+]=[N-])cc1)CCCC2. The van der Waals surface area contributed by atoms with Crippen LogP contribution in [0, 0.1) is 6.92 Å². The van der Waals surface area contributed by atoms with E-state index in [-0.39, 0.29) is 36.2 Å². The third-order valence-corrected chi connectivity index (χ3v) is 10.3. The van der Waals surface area contributed by atoms with Gasteiger partial charge < -0.3 is 20.1 Å². The fourth-order valence-corrected chi connectivity index (χ4v) is 7.68. The van der Waals surface area contributed by atoms with Crippen LogP contribution >= 0.6 is 11.3 Å². The van der Waals surface area contributed by atoms with Crippen molar-refractivity contribution in [3.05, 3.63) is 80.0 Å². The number of ether oxygens (including phenoxy) is 2. The van der Waals surface area contributed by atoms with E-state index in [0.29, 0.717) is 40.8 Å². The summed E-state index contributed by atoms with van der Waals surface area (Å²) in [5.74, 6) is -0.358. The number of fused-ring (bicyclic) bond motifs is 1. The van der Waals surface area contributed by atoms with Crippen LogP contribution in [0.2, 0.25) is 0 Å². The predicted octanol–water partition coefficient (Wildman–Crippen LogP) is 5.11. The molecule has 0 atom stereocenters. The molecule has 220 valence electrons. The number of carbonyl (C=O) groups is 2. The van der Waals surface area contributed by atoms with Gasteiger partial charge in [0.2, 0.25) is 10.0 Å². The highest BCUT2D eigenvalue weighted by molar-refractivity contribution is 7.89. The van der Waals surface area contributed by atoms with Gasteiger partial charge in [-0.2, -0.15) is 4.31 Å². The number of nitrogens with one attached hydrogen (secondary N) is 2. The van der Waals surface area contributed by atoms with E-state index in [1.807, 2.05) is 0 Å². The van der Waals surface area contributed by atoms with Crippen molar-refractivity contribution in [2.45, 2.75) is 37.5 Å². The molecule has 1 fully saturated rings. The summed E-state index contributed by atoms with van der Waals surface area (Å²) < 4.78 is 38.4. The van der Waals surface area contributed by atoms with Crippen LogP contribution in [0.3, 0.4) is 0 Å². The third-order valence-electron chi connectivity index (χ3n) is 7.15. The smallest absolute Gasteiger partial charge is 0.258 e. The normalized spacial score (nSPS) is 15.3. The molecule has 0 saturated carbocycles. The van der Waals surface area contributed by atoms with Crippen LogP contribution in [0.1, 0.15) is 49.6 Å². The quantitative estimate of drug-likeness (QED) is 0.194. The maximum atomic E-state index is 13.6. The molecule has 42 heavy (non-hydrogen) atoms. The molecule has 2 aliphatic rings. The van der Waals surface area contributed by atoms with Gasteiger partial charge in [-0.25, -0.2) is 8.42 Å². The van der Waals surface area contributed by atoms with Crippen LogP contribution < -0.4 is 15.4 Å². The van der Waals surface area contributed by atoms with E-state index in [2.05, 4.69) is 20.7 Å². The van der Waals surface area contributed by atoms with Gasteiger partial charge in [-0.05, 0) is 85.7 Å². The zero-order chi connectivity index (χ0) is 29.7. The van der Waals surface area contributed by atoms with Gasteiger partial charge in [0.15, 0.2) is 6.73 Å². The number of benzene rings is 2. The molecule has 1 aliphatic carbocycles. The number of azide groups is 1. The Bertz CT molecular complexity index is 1640.